The molecule has 2 aromatic rings. The lowest BCUT2D eigenvalue weighted by Crippen LogP contribution is -2.55. The molecule has 0 spiro atoms. The van der Waals surface area contributed by atoms with Gasteiger partial charge in [-0.15, -0.1) is 0 Å². The number of hydrogen-bond acceptors (Lipinski definition) is 2. The van der Waals surface area contributed by atoms with E-state index in [0.717, 1.165) is 11.1 Å². The zero-order chi connectivity index (χ0) is 14.9. The highest BCUT2D eigenvalue weighted by atomic mass is 16.4. The molecule has 0 saturated heterocycles. The molecule has 4 nitrogen and oxygen atoms in total. The van der Waals surface area contributed by atoms with Crippen LogP contribution < -0.4 is 5.32 Å². The number of amides is 1. The number of carboxylic acids is 1. The summed E-state index contributed by atoms with van der Waals surface area (Å²) in [5.74, 6) is -1.35. The maximum absolute atomic E-state index is 12.3. The third kappa shape index (κ3) is 2.40. The van der Waals surface area contributed by atoms with Crippen molar-refractivity contribution in [1.82, 2.24) is 5.32 Å². The monoisotopic (exact) mass is 281 g/mol. The van der Waals surface area contributed by atoms with Crippen molar-refractivity contribution in [2.24, 2.45) is 0 Å². The van der Waals surface area contributed by atoms with Gasteiger partial charge in [0.05, 0.1) is 0 Å². The predicted octanol–water partition coefficient (Wildman–Crippen LogP) is 2.04. The standard InChI is InChI=1S/C17H15NO3/c19-15(12-6-2-1-3-7-12)18-17(16(20)21)10-13-8-4-5-9-14(13)11-17/h1-9H,10-11H2,(H,18,19)(H,20,21). The van der Waals surface area contributed by atoms with Gasteiger partial charge in [0.15, 0.2) is 0 Å². The summed E-state index contributed by atoms with van der Waals surface area (Å²) in [5, 5.41) is 12.3. The third-order valence-electron chi connectivity index (χ3n) is 3.90. The fraction of sp³-hybridized carbons (Fsp3) is 0.176. The summed E-state index contributed by atoms with van der Waals surface area (Å²) in [7, 11) is 0. The zero-order valence-corrected chi connectivity index (χ0v) is 11.4. The van der Waals surface area contributed by atoms with Crippen LogP contribution in [0.1, 0.15) is 21.5 Å². The molecule has 0 unspecified atom stereocenters. The molecule has 1 aliphatic rings. The molecule has 106 valence electrons. The number of fused-ring (bicyclic) bond motifs is 1. The van der Waals surface area contributed by atoms with Crippen LogP contribution in [-0.2, 0) is 17.6 Å². The van der Waals surface area contributed by atoms with Gasteiger partial charge in [0.25, 0.3) is 5.91 Å². The van der Waals surface area contributed by atoms with Crippen molar-refractivity contribution in [3.8, 4) is 0 Å². The van der Waals surface area contributed by atoms with Crippen LogP contribution in [0.15, 0.2) is 54.6 Å². The summed E-state index contributed by atoms with van der Waals surface area (Å²) in [6.45, 7) is 0. The molecule has 21 heavy (non-hydrogen) atoms. The van der Waals surface area contributed by atoms with Crippen LogP contribution in [0.2, 0.25) is 0 Å². The number of carboxylic acid groups (broad SMARTS) is 1. The number of nitrogens with one attached hydrogen (secondary N) is 1. The second-order valence-corrected chi connectivity index (χ2v) is 5.33. The highest BCUT2D eigenvalue weighted by Crippen LogP contribution is 2.30. The average Bonchev–Trinajstić information content (AvgIpc) is 2.87. The second kappa shape index (κ2) is 5.05. The fourth-order valence-corrected chi connectivity index (χ4v) is 2.79. The van der Waals surface area contributed by atoms with E-state index in [1.807, 2.05) is 30.3 Å². The zero-order valence-electron chi connectivity index (χ0n) is 11.4. The molecule has 0 aliphatic heterocycles. The van der Waals surface area contributed by atoms with Gasteiger partial charge in [-0.25, -0.2) is 4.79 Å². The Labute approximate surface area is 122 Å². The second-order valence-electron chi connectivity index (χ2n) is 5.33. The molecular weight excluding hydrogens is 266 g/mol. The number of rotatable bonds is 3. The van der Waals surface area contributed by atoms with Crippen LogP contribution in [0.4, 0.5) is 0 Å². The molecular formula is C17H15NO3. The van der Waals surface area contributed by atoms with E-state index in [0.29, 0.717) is 18.4 Å². The number of hydrogen-bond donors (Lipinski definition) is 2. The summed E-state index contributed by atoms with van der Waals surface area (Å²) in [6, 6.07) is 16.3. The summed E-state index contributed by atoms with van der Waals surface area (Å²) in [5.41, 5.74) is 1.17. The van der Waals surface area contributed by atoms with E-state index >= 15 is 0 Å². The number of aliphatic carboxylic acids is 1. The van der Waals surface area contributed by atoms with Gasteiger partial charge in [0, 0.05) is 18.4 Å². The normalized spacial score (nSPS) is 15.2. The summed E-state index contributed by atoms with van der Waals surface area (Å²) in [4.78, 5) is 24.0. The molecule has 0 bridgehead atoms. The quantitative estimate of drug-likeness (QED) is 0.904. The lowest BCUT2D eigenvalue weighted by molar-refractivity contribution is -0.144. The molecule has 1 aliphatic carbocycles. The van der Waals surface area contributed by atoms with Crippen molar-refractivity contribution in [3.05, 3.63) is 71.3 Å². The van der Waals surface area contributed by atoms with Crippen LogP contribution >= 0.6 is 0 Å². The fourth-order valence-electron chi connectivity index (χ4n) is 2.79. The van der Waals surface area contributed by atoms with Crippen LogP contribution in [0.3, 0.4) is 0 Å². The van der Waals surface area contributed by atoms with E-state index < -0.39 is 11.5 Å². The molecule has 1 amide bonds. The topological polar surface area (TPSA) is 66.4 Å². The Balaban J connectivity index is 1.88. The largest absolute Gasteiger partial charge is 0.479 e. The van der Waals surface area contributed by atoms with Gasteiger partial charge in [-0.3, -0.25) is 4.79 Å². The first kappa shape index (κ1) is 13.4. The Morgan fingerprint density at radius 3 is 1.95 bits per heavy atom. The van der Waals surface area contributed by atoms with Crippen molar-refractivity contribution >= 4 is 11.9 Å². The molecule has 0 saturated carbocycles. The van der Waals surface area contributed by atoms with Gasteiger partial charge in [0.1, 0.15) is 5.54 Å². The van der Waals surface area contributed by atoms with Gasteiger partial charge in [-0.1, -0.05) is 42.5 Å². The first-order chi connectivity index (χ1) is 10.1. The van der Waals surface area contributed by atoms with Crippen LogP contribution in [0, 0.1) is 0 Å². The maximum atomic E-state index is 12.3. The third-order valence-corrected chi connectivity index (χ3v) is 3.90. The molecule has 3 rings (SSSR count). The molecule has 4 heteroatoms. The maximum Gasteiger partial charge on any atom is 0.330 e. The van der Waals surface area contributed by atoms with Crippen molar-refractivity contribution in [3.63, 3.8) is 0 Å². The van der Waals surface area contributed by atoms with Crippen LogP contribution in [-0.4, -0.2) is 22.5 Å². The number of carbonyl (C=O) groups is 2. The Morgan fingerprint density at radius 2 is 1.43 bits per heavy atom. The molecule has 2 N–H and O–H groups in total. The smallest absolute Gasteiger partial charge is 0.330 e. The van der Waals surface area contributed by atoms with E-state index in [1.54, 1.807) is 24.3 Å². The minimum atomic E-state index is -1.25. The average molecular weight is 281 g/mol. The first-order valence-corrected chi connectivity index (χ1v) is 6.78. The van der Waals surface area contributed by atoms with E-state index in [9.17, 15) is 14.7 Å². The van der Waals surface area contributed by atoms with Gasteiger partial charge in [-0.2, -0.15) is 0 Å². The lowest BCUT2D eigenvalue weighted by Gasteiger charge is -2.25. The summed E-state index contributed by atoms with van der Waals surface area (Å²) in [6.07, 6.45) is 0.633. The Hall–Kier alpha value is -2.62. The lowest BCUT2D eigenvalue weighted by atomic mass is 9.95. The summed E-state index contributed by atoms with van der Waals surface area (Å²) < 4.78 is 0. The molecule has 0 atom stereocenters. The minimum absolute atomic E-state index is 0.317. The highest BCUT2D eigenvalue weighted by Gasteiger charge is 2.45. The molecule has 2 aromatic carbocycles. The van der Waals surface area contributed by atoms with Gasteiger partial charge >= 0.3 is 5.97 Å². The van der Waals surface area contributed by atoms with Gasteiger partial charge < -0.3 is 10.4 Å². The van der Waals surface area contributed by atoms with E-state index in [4.69, 9.17) is 0 Å². The SMILES string of the molecule is O=C(NC1(C(=O)O)Cc2ccccc2C1)c1ccccc1. The van der Waals surface area contributed by atoms with Crippen molar-refractivity contribution < 1.29 is 14.7 Å². The first-order valence-electron chi connectivity index (χ1n) is 6.78. The highest BCUT2D eigenvalue weighted by molar-refractivity contribution is 5.98. The molecule has 0 fully saturated rings. The Morgan fingerprint density at radius 1 is 0.905 bits per heavy atom. The molecule has 0 heterocycles. The molecule has 0 aromatic heterocycles. The Kier molecular flexibility index (Phi) is 3.22. The Bertz CT molecular complexity index is 669. The summed E-state index contributed by atoms with van der Waals surface area (Å²) >= 11 is 0. The minimum Gasteiger partial charge on any atom is -0.479 e. The number of carbonyl (C=O) groups excluding carboxylic acids is 1. The van der Waals surface area contributed by atoms with Gasteiger partial charge in [0.2, 0.25) is 0 Å². The van der Waals surface area contributed by atoms with Crippen LogP contribution in [0.5, 0.6) is 0 Å². The van der Waals surface area contributed by atoms with E-state index in [1.165, 1.54) is 0 Å². The van der Waals surface area contributed by atoms with Crippen molar-refractivity contribution in [2.75, 3.05) is 0 Å². The van der Waals surface area contributed by atoms with Crippen molar-refractivity contribution in [1.29, 1.82) is 0 Å². The van der Waals surface area contributed by atoms with Crippen molar-refractivity contribution in [2.45, 2.75) is 18.4 Å². The van der Waals surface area contributed by atoms with E-state index in [-0.39, 0.29) is 5.91 Å². The predicted molar refractivity (Wildman–Crippen MR) is 78.1 cm³/mol. The molecule has 0 radical (unpaired) electrons. The van der Waals surface area contributed by atoms with Crippen LogP contribution in [0.25, 0.3) is 0 Å². The number of benzene rings is 2. The van der Waals surface area contributed by atoms with E-state index in [2.05, 4.69) is 5.32 Å². The van der Waals surface area contributed by atoms with Gasteiger partial charge in [-0.05, 0) is 23.3 Å².